The van der Waals surface area contributed by atoms with E-state index in [2.05, 4.69) is 15.3 Å². The number of hydrogen-bond acceptors (Lipinski definition) is 4. The molecule has 2 aliphatic rings. The van der Waals surface area contributed by atoms with E-state index < -0.39 is 0 Å². The third kappa shape index (κ3) is 2.28. The zero-order valence-corrected chi connectivity index (χ0v) is 11.1. The Morgan fingerprint density at radius 2 is 2.47 bits per heavy atom. The Morgan fingerprint density at radius 1 is 1.63 bits per heavy atom. The van der Waals surface area contributed by atoms with Crippen molar-refractivity contribution in [1.82, 2.24) is 20.2 Å². The molecule has 2 fully saturated rings. The van der Waals surface area contributed by atoms with Gasteiger partial charge >= 0.3 is 6.03 Å². The van der Waals surface area contributed by atoms with Crippen LogP contribution < -0.4 is 11.1 Å². The van der Waals surface area contributed by atoms with Gasteiger partial charge in [-0.2, -0.15) is 0 Å². The van der Waals surface area contributed by atoms with E-state index in [4.69, 9.17) is 5.73 Å². The molecule has 1 aromatic rings. The molecule has 0 unspecified atom stereocenters. The van der Waals surface area contributed by atoms with Crippen molar-refractivity contribution in [2.45, 2.75) is 31.8 Å². The molecule has 1 saturated carbocycles. The van der Waals surface area contributed by atoms with Gasteiger partial charge in [-0.25, -0.2) is 14.8 Å². The maximum Gasteiger partial charge on any atom is 0.317 e. The van der Waals surface area contributed by atoms with Crippen molar-refractivity contribution in [3.8, 4) is 0 Å². The van der Waals surface area contributed by atoms with E-state index in [0.29, 0.717) is 19.0 Å². The summed E-state index contributed by atoms with van der Waals surface area (Å²) in [5.41, 5.74) is 7.83. The molecule has 2 atom stereocenters. The van der Waals surface area contributed by atoms with E-state index >= 15 is 0 Å². The van der Waals surface area contributed by atoms with E-state index in [1.54, 1.807) is 0 Å². The third-order valence-electron chi connectivity index (χ3n) is 4.27. The van der Waals surface area contributed by atoms with Gasteiger partial charge in [-0.1, -0.05) is 0 Å². The maximum atomic E-state index is 12.1. The summed E-state index contributed by atoms with van der Waals surface area (Å²) >= 11 is 0. The van der Waals surface area contributed by atoms with Gasteiger partial charge in [0.2, 0.25) is 0 Å². The standard InChI is InChI=1S/C13H19N5O/c1-9-4-11(17-8-16-9)5-15-12(19)18-6-10-2-3-13(10,14)7-18/h4,8,10H,2-3,5-7,14H2,1H3,(H,15,19)/t10-,13-/m0/s1. The Bertz CT molecular complexity index is 506. The first kappa shape index (κ1) is 12.3. The number of hydrogen-bond donors (Lipinski definition) is 2. The van der Waals surface area contributed by atoms with Crippen molar-refractivity contribution < 1.29 is 4.79 Å². The minimum atomic E-state index is -0.122. The number of nitrogens with two attached hydrogens (primary N) is 1. The third-order valence-corrected chi connectivity index (χ3v) is 4.27. The molecular formula is C13H19N5O. The lowest BCUT2D eigenvalue weighted by atomic mass is 9.70. The number of rotatable bonds is 2. The molecule has 1 aliphatic heterocycles. The lowest BCUT2D eigenvalue weighted by Gasteiger charge is -2.39. The summed E-state index contributed by atoms with van der Waals surface area (Å²) in [5.74, 6) is 0.486. The van der Waals surface area contributed by atoms with Gasteiger partial charge in [0.25, 0.3) is 0 Å². The van der Waals surface area contributed by atoms with Gasteiger partial charge in [0.1, 0.15) is 6.33 Å². The van der Waals surface area contributed by atoms with Gasteiger partial charge in [0, 0.05) is 24.3 Å². The highest BCUT2D eigenvalue weighted by Crippen LogP contribution is 2.42. The second-order valence-corrected chi connectivity index (χ2v) is 5.66. The molecule has 3 N–H and O–H groups in total. The highest BCUT2D eigenvalue weighted by Gasteiger charge is 2.51. The zero-order chi connectivity index (χ0) is 13.5. The van der Waals surface area contributed by atoms with Gasteiger partial charge in [0.05, 0.1) is 12.2 Å². The summed E-state index contributed by atoms with van der Waals surface area (Å²) in [6.07, 6.45) is 3.69. The Balaban J connectivity index is 1.55. The van der Waals surface area contributed by atoms with Crippen LogP contribution in [0.3, 0.4) is 0 Å². The first-order valence-electron chi connectivity index (χ1n) is 6.66. The number of fused-ring (bicyclic) bond motifs is 1. The number of carbonyl (C=O) groups is 1. The quantitative estimate of drug-likeness (QED) is 0.808. The van der Waals surface area contributed by atoms with Crippen LogP contribution in [0.2, 0.25) is 0 Å². The number of nitrogens with one attached hydrogen (secondary N) is 1. The summed E-state index contributed by atoms with van der Waals surface area (Å²) in [5, 5.41) is 2.90. The molecule has 19 heavy (non-hydrogen) atoms. The van der Waals surface area contributed by atoms with E-state index in [1.165, 1.54) is 6.33 Å². The fourth-order valence-electron chi connectivity index (χ4n) is 2.93. The van der Waals surface area contributed by atoms with Crippen molar-refractivity contribution in [3.05, 3.63) is 23.8 Å². The molecule has 1 aliphatic carbocycles. The van der Waals surface area contributed by atoms with Crippen LogP contribution in [0, 0.1) is 12.8 Å². The Labute approximate surface area is 112 Å². The molecule has 0 radical (unpaired) electrons. The van der Waals surface area contributed by atoms with E-state index in [-0.39, 0.29) is 11.6 Å². The monoisotopic (exact) mass is 261 g/mol. The first-order valence-corrected chi connectivity index (χ1v) is 6.66. The highest BCUT2D eigenvalue weighted by molar-refractivity contribution is 5.74. The second-order valence-electron chi connectivity index (χ2n) is 5.66. The molecule has 1 aromatic heterocycles. The maximum absolute atomic E-state index is 12.1. The first-order chi connectivity index (χ1) is 9.07. The fraction of sp³-hybridized carbons (Fsp3) is 0.615. The van der Waals surface area contributed by atoms with Crippen LogP contribution in [-0.4, -0.2) is 39.5 Å². The molecule has 6 nitrogen and oxygen atoms in total. The van der Waals surface area contributed by atoms with Gasteiger partial charge < -0.3 is 16.0 Å². The molecule has 0 aromatic carbocycles. The van der Waals surface area contributed by atoms with Crippen molar-refractivity contribution in [2.75, 3.05) is 13.1 Å². The van der Waals surface area contributed by atoms with Gasteiger partial charge in [-0.3, -0.25) is 0 Å². The van der Waals surface area contributed by atoms with E-state index in [1.807, 2.05) is 17.9 Å². The SMILES string of the molecule is Cc1cc(CNC(=O)N2C[C@@H]3CC[C@]3(N)C2)ncn1. The molecule has 6 heteroatoms. The summed E-state index contributed by atoms with van der Waals surface area (Å²) in [6.45, 7) is 3.79. The molecule has 3 rings (SSSR count). The van der Waals surface area contributed by atoms with E-state index in [0.717, 1.165) is 30.8 Å². The number of aromatic nitrogens is 2. The Kier molecular flexibility index (Phi) is 2.89. The lowest BCUT2D eigenvalue weighted by Crippen LogP contribution is -2.55. The number of aryl methyl sites for hydroxylation is 1. The molecule has 0 bridgehead atoms. The average Bonchev–Trinajstić information content (AvgIpc) is 2.60. The largest absolute Gasteiger partial charge is 0.332 e. The van der Waals surface area contributed by atoms with Crippen molar-refractivity contribution in [1.29, 1.82) is 0 Å². The number of nitrogens with zero attached hydrogens (tertiary/aromatic N) is 3. The summed E-state index contributed by atoms with van der Waals surface area (Å²) in [4.78, 5) is 22.1. The van der Waals surface area contributed by atoms with Crippen LogP contribution in [0.25, 0.3) is 0 Å². The Morgan fingerprint density at radius 3 is 3.05 bits per heavy atom. The number of amides is 2. The fourth-order valence-corrected chi connectivity index (χ4v) is 2.93. The van der Waals surface area contributed by atoms with Crippen LogP contribution in [0.15, 0.2) is 12.4 Å². The van der Waals surface area contributed by atoms with Crippen LogP contribution in [0.4, 0.5) is 4.79 Å². The van der Waals surface area contributed by atoms with Crippen molar-refractivity contribution in [3.63, 3.8) is 0 Å². The second kappa shape index (κ2) is 4.45. The molecule has 2 amide bonds. The average molecular weight is 261 g/mol. The van der Waals surface area contributed by atoms with Gasteiger partial charge in [-0.05, 0) is 31.7 Å². The predicted molar refractivity (Wildman–Crippen MR) is 70.2 cm³/mol. The Hall–Kier alpha value is -1.69. The smallest absolute Gasteiger partial charge is 0.317 e. The topological polar surface area (TPSA) is 84.1 Å². The van der Waals surface area contributed by atoms with Gasteiger partial charge in [-0.15, -0.1) is 0 Å². The number of carbonyl (C=O) groups excluding carboxylic acids is 1. The summed E-state index contributed by atoms with van der Waals surface area (Å²) in [7, 11) is 0. The molecule has 2 heterocycles. The summed E-state index contributed by atoms with van der Waals surface area (Å²) in [6, 6.07) is 1.83. The minimum absolute atomic E-state index is 0.0458. The van der Waals surface area contributed by atoms with Gasteiger partial charge in [0.15, 0.2) is 0 Å². The van der Waals surface area contributed by atoms with Crippen LogP contribution in [0.1, 0.15) is 24.2 Å². The molecule has 0 spiro atoms. The number of urea groups is 1. The molecule has 102 valence electrons. The lowest BCUT2D eigenvalue weighted by molar-refractivity contribution is 0.187. The van der Waals surface area contributed by atoms with Crippen LogP contribution in [-0.2, 0) is 6.54 Å². The predicted octanol–water partition coefficient (Wildman–Crippen LogP) is 0.418. The summed E-state index contributed by atoms with van der Waals surface area (Å²) < 4.78 is 0. The zero-order valence-electron chi connectivity index (χ0n) is 11.1. The van der Waals surface area contributed by atoms with Crippen LogP contribution in [0.5, 0.6) is 0 Å². The highest BCUT2D eigenvalue weighted by atomic mass is 16.2. The normalized spacial score (nSPS) is 28.7. The van der Waals surface area contributed by atoms with Crippen molar-refractivity contribution >= 4 is 6.03 Å². The minimum Gasteiger partial charge on any atom is -0.332 e. The van der Waals surface area contributed by atoms with E-state index in [9.17, 15) is 4.79 Å². The molecular weight excluding hydrogens is 242 g/mol. The molecule has 1 saturated heterocycles. The number of likely N-dealkylation sites (tertiary alicyclic amines) is 1. The van der Waals surface area contributed by atoms with Crippen LogP contribution >= 0.6 is 0 Å². The van der Waals surface area contributed by atoms with Crippen molar-refractivity contribution in [2.24, 2.45) is 11.7 Å².